The van der Waals surface area contributed by atoms with Crippen LogP contribution < -0.4 is 11.1 Å². The van der Waals surface area contributed by atoms with Gasteiger partial charge in [0.05, 0.1) is 6.04 Å². The SMILES string of the molecule is C[C@@H](NC(=O)CCN)c1ccccc1.Cl. The average molecular weight is 229 g/mol. The number of halogens is 1. The molecule has 0 radical (unpaired) electrons. The summed E-state index contributed by atoms with van der Waals surface area (Å²) in [6.07, 6.45) is 0.386. The fourth-order valence-corrected chi connectivity index (χ4v) is 1.27. The van der Waals surface area contributed by atoms with E-state index in [1.54, 1.807) is 0 Å². The van der Waals surface area contributed by atoms with Crippen molar-refractivity contribution in [1.82, 2.24) is 5.32 Å². The Balaban J connectivity index is 0.00000196. The van der Waals surface area contributed by atoms with Crippen LogP contribution in [0.25, 0.3) is 0 Å². The van der Waals surface area contributed by atoms with Crippen LogP contribution in [-0.2, 0) is 4.79 Å². The summed E-state index contributed by atoms with van der Waals surface area (Å²) < 4.78 is 0. The summed E-state index contributed by atoms with van der Waals surface area (Å²) in [6, 6.07) is 9.91. The van der Waals surface area contributed by atoms with Gasteiger partial charge in [-0.25, -0.2) is 0 Å². The first-order valence-corrected chi connectivity index (χ1v) is 4.78. The van der Waals surface area contributed by atoms with Gasteiger partial charge < -0.3 is 11.1 Å². The Morgan fingerprint density at radius 3 is 2.53 bits per heavy atom. The van der Waals surface area contributed by atoms with Crippen molar-refractivity contribution >= 4 is 18.3 Å². The third-order valence-corrected chi connectivity index (χ3v) is 2.05. The summed E-state index contributed by atoms with van der Waals surface area (Å²) in [5.74, 6) is 0.00357. The molecular formula is C11H17ClN2O. The molecule has 1 amide bonds. The molecule has 1 aromatic carbocycles. The molecular weight excluding hydrogens is 212 g/mol. The number of hydrogen-bond acceptors (Lipinski definition) is 2. The van der Waals surface area contributed by atoms with Gasteiger partial charge in [-0.15, -0.1) is 12.4 Å². The fraction of sp³-hybridized carbons (Fsp3) is 0.364. The molecule has 0 heterocycles. The van der Waals surface area contributed by atoms with Crippen LogP contribution >= 0.6 is 12.4 Å². The summed E-state index contributed by atoms with van der Waals surface area (Å²) in [7, 11) is 0. The second kappa shape index (κ2) is 7.26. The van der Waals surface area contributed by atoms with Crippen LogP contribution in [0.2, 0.25) is 0 Å². The summed E-state index contributed by atoms with van der Waals surface area (Å²) >= 11 is 0. The minimum Gasteiger partial charge on any atom is -0.350 e. The van der Waals surface area contributed by atoms with Crippen LogP contribution in [0, 0.1) is 0 Å². The van der Waals surface area contributed by atoms with Crippen LogP contribution in [0.15, 0.2) is 30.3 Å². The van der Waals surface area contributed by atoms with E-state index >= 15 is 0 Å². The summed E-state index contributed by atoms with van der Waals surface area (Å²) in [4.78, 5) is 11.2. The van der Waals surface area contributed by atoms with Gasteiger partial charge in [0.1, 0.15) is 0 Å². The molecule has 0 saturated carbocycles. The van der Waals surface area contributed by atoms with Crippen LogP contribution in [0.3, 0.4) is 0 Å². The van der Waals surface area contributed by atoms with Crippen molar-refractivity contribution in [2.45, 2.75) is 19.4 Å². The van der Waals surface area contributed by atoms with Crippen LogP contribution in [0.4, 0.5) is 0 Å². The van der Waals surface area contributed by atoms with E-state index in [4.69, 9.17) is 5.73 Å². The Morgan fingerprint density at radius 1 is 1.40 bits per heavy atom. The third kappa shape index (κ3) is 4.81. The van der Waals surface area contributed by atoms with Crippen molar-refractivity contribution in [1.29, 1.82) is 0 Å². The van der Waals surface area contributed by atoms with E-state index in [9.17, 15) is 4.79 Å². The number of carbonyl (C=O) groups excluding carboxylic acids is 1. The molecule has 84 valence electrons. The van der Waals surface area contributed by atoms with Gasteiger partial charge in [0.25, 0.3) is 0 Å². The molecule has 15 heavy (non-hydrogen) atoms. The van der Waals surface area contributed by atoms with Gasteiger partial charge in [-0.2, -0.15) is 0 Å². The van der Waals surface area contributed by atoms with Gasteiger partial charge in [0.2, 0.25) is 5.91 Å². The van der Waals surface area contributed by atoms with E-state index in [0.717, 1.165) is 5.56 Å². The summed E-state index contributed by atoms with van der Waals surface area (Å²) in [5.41, 5.74) is 6.39. The Hall–Kier alpha value is -1.06. The topological polar surface area (TPSA) is 55.1 Å². The second-order valence-corrected chi connectivity index (χ2v) is 3.24. The van der Waals surface area contributed by atoms with Gasteiger partial charge in [0.15, 0.2) is 0 Å². The predicted molar refractivity (Wildman–Crippen MR) is 63.9 cm³/mol. The monoisotopic (exact) mass is 228 g/mol. The smallest absolute Gasteiger partial charge is 0.221 e. The number of rotatable bonds is 4. The van der Waals surface area contributed by atoms with Gasteiger partial charge in [-0.05, 0) is 12.5 Å². The number of amides is 1. The van der Waals surface area contributed by atoms with Crippen molar-refractivity contribution in [3.05, 3.63) is 35.9 Å². The van der Waals surface area contributed by atoms with E-state index in [2.05, 4.69) is 5.32 Å². The van der Waals surface area contributed by atoms with E-state index in [1.807, 2.05) is 37.3 Å². The lowest BCUT2D eigenvalue weighted by atomic mass is 10.1. The fourth-order valence-electron chi connectivity index (χ4n) is 1.27. The van der Waals surface area contributed by atoms with Crippen LogP contribution in [0.5, 0.6) is 0 Å². The maximum absolute atomic E-state index is 11.2. The number of benzene rings is 1. The van der Waals surface area contributed by atoms with Gasteiger partial charge in [0, 0.05) is 13.0 Å². The molecule has 0 aromatic heterocycles. The number of carbonyl (C=O) groups is 1. The number of hydrogen-bond donors (Lipinski definition) is 2. The van der Waals surface area contributed by atoms with Gasteiger partial charge in [-0.3, -0.25) is 4.79 Å². The van der Waals surface area contributed by atoms with Crippen molar-refractivity contribution in [2.75, 3.05) is 6.54 Å². The maximum atomic E-state index is 11.2. The van der Waals surface area contributed by atoms with E-state index in [-0.39, 0.29) is 24.4 Å². The molecule has 1 aromatic rings. The zero-order valence-corrected chi connectivity index (χ0v) is 9.59. The Bertz CT molecular complexity index is 290. The van der Waals surface area contributed by atoms with E-state index < -0.39 is 0 Å². The van der Waals surface area contributed by atoms with Crippen LogP contribution in [0.1, 0.15) is 24.9 Å². The second-order valence-electron chi connectivity index (χ2n) is 3.24. The highest BCUT2D eigenvalue weighted by atomic mass is 35.5. The zero-order chi connectivity index (χ0) is 10.4. The Labute approximate surface area is 96.5 Å². The summed E-state index contributed by atoms with van der Waals surface area (Å²) in [6.45, 7) is 2.36. The lowest BCUT2D eigenvalue weighted by Crippen LogP contribution is -2.28. The Kier molecular flexibility index (Phi) is 6.75. The molecule has 3 N–H and O–H groups in total. The van der Waals surface area contributed by atoms with Crippen molar-refractivity contribution < 1.29 is 4.79 Å². The molecule has 1 rings (SSSR count). The highest BCUT2D eigenvalue weighted by molar-refractivity contribution is 5.85. The lowest BCUT2D eigenvalue weighted by Gasteiger charge is -2.13. The largest absolute Gasteiger partial charge is 0.350 e. The van der Waals surface area contributed by atoms with E-state index in [0.29, 0.717) is 13.0 Å². The standard InChI is InChI=1S/C11H16N2O.ClH/c1-9(13-11(14)7-8-12)10-5-3-2-4-6-10;/h2-6,9H,7-8,12H2,1H3,(H,13,14);1H/t9-;/m1./s1. The molecule has 0 aliphatic carbocycles. The molecule has 0 saturated heterocycles. The highest BCUT2D eigenvalue weighted by Crippen LogP contribution is 2.10. The Morgan fingerprint density at radius 2 is 2.00 bits per heavy atom. The molecule has 3 nitrogen and oxygen atoms in total. The zero-order valence-electron chi connectivity index (χ0n) is 8.77. The minimum absolute atomic E-state index is 0. The average Bonchev–Trinajstić information content (AvgIpc) is 2.19. The van der Waals surface area contributed by atoms with Gasteiger partial charge >= 0.3 is 0 Å². The van der Waals surface area contributed by atoms with E-state index in [1.165, 1.54) is 0 Å². The van der Waals surface area contributed by atoms with Crippen LogP contribution in [-0.4, -0.2) is 12.5 Å². The predicted octanol–water partition coefficient (Wildman–Crippen LogP) is 1.63. The molecule has 0 fully saturated rings. The van der Waals surface area contributed by atoms with Crippen molar-refractivity contribution in [2.24, 2.45) is 5.73 Å². The maximum Gasteiger partial charge on any atom is 0.221 e. The quantitative estimate of drug-likeness (QED) is 0.823. The third-order valence-electron chi connectivity index (χ3n) is 2.05. The first-order chi connectivity index (χ1) is 6.74. The number of nitrogens with one attached hydrogen (secondary N) is 1. The summed E-state index contributed by atoms with van der Waals surface area (Å²) in [5, 5.41) is 2.88. The molecule has 0 unspecified atom stereocenters. The first kappa shape index (κ1) is 13.9. The molecule has 1 atom stereocenters. The molecule has 4 heteroatoms. The first-order valence-electron chi connectivity index (χ1n) is 4.78. The van der Waals surface area contributed by atoms with Crippen molar-refractivity contribution in [3.63, 3.8) is 0 Å². The van der Waals surface area contributed by atoms with Gasteiger partial charge in [-0.1, -0.05) is 30.3 Å². The molecule has 0 aliphatic heterocycles. The highest BCUT2D eigenvalue weighted by Gasteiger charge is 2.07. The lowest BCUT2D eigenvalue weighted by molar-refractivity contribution is -0.121. The normalized spacial score (nSPS) is 11.3. The molecule has 0 bridgehead atoms. The minimum atomic E-state index is 0. The van der Waals surface area contributed by atoms with Crippen molar-refractivity contribution in [3.8, 4) is 0 Å². The molecule has 0 spiro atoms. The molecule has 0 aliphatic rings. The number of nitrogens with two attached hydrogens (primary N) is 1.